The third-order valence-corrected chi connectivity index (χ3v) is 4.23. The van der Waals surface area contributed by atoms with Crippen LogP contribution >= 0.6 is 11.3 Å². The summed E-state index contributed by atoms with van der Waals surface area (Å²) in [5.41, 5.74) is 2.49. The van der Waals surface area contributed by atoms with Gasteiger partial charge < -0.3 is 5.32 Å². The number of nitrogens with one attached hydrogen (secondary N) is 1. The van der Waals surface area contributed by atoms with E-state index in [0.717, 1.165) is 21.0 Å². The molecule has 1 N–H and O–H groups in total. The van der Waals surface area contributed by atoms with Gasteiger partial charge in [0.05, 0.1) is 0 Å². The third-order valence-electron chi connectivity index (χ3n) is 3.21. The van der Waals surface area contributed by atoms with E-state index in [1.807, 2.05) is 49.4 Å². The maximum atomic E-state index is 12.3. The van der Waals surface area contributed by atoms with Crippen molar-refractivity contribution in [2.24, 2.45) is 0 Å². The summed E-state index contributed by atoms with van der Waals surface area (Å²) >= 11 is 1.53. The molecule has 3 rings (SSSR count). The van der Waals surface area contributed by atoms with Crippen molar-refractivity contribution >= 4 is 17.2 Å². The number of benzene rings is 1. The maximum Gasteiger partial charge on any atom is 0.271 e. The molecule has 0 unspecified atom stereocenters. The molecule has 0 saturated heterocycles. The lowest BCUT2D eigenvalue weighted by Gasteiger charge is -2.03. The number of pyridine rings is 1. The maximum absolute atomic E-state index is 12.3. The molecular formula is C17H15N3OS. The summed E-state index contributed by atoms with van der Waals surface area (Å²) < 4.78 is 0. The van der Waals surface area contributed by atoms with Crippen LogP contribution in [0.25, 0.3) is 10.6 Å². The summed E-state index contributed by atoms with van der Waals surface area (Å²) in [6.07, 6.45) is 3.45. The molecule has 0 aliphatic rings. The van der Waals surface area contributed by atoms with Gasteiger partial charge in [-0.05, 0) is 18.6 Å². The van der Waals surface area contributed by atoms with Crippen molar-refractivity contribution in [1.82, 2.24) is 15.3 Å². The first-order chi connectivity index (χ1) is 10.7. The molecule has 0 saturated carbocycles. The van der Waals surface area contributed by atoms with Crippen molar-refractivity contribution in [2.45, 2.75) is 13.5 Å². The highest BCUT2D eigenvalue weighted by atomic mass is 32.1. The Morgan fingerprint density at radius 1 is 1.18 bits per heavy atom. The Bertz CT molecular complexity index is 769. The third kappa shape index (κ3) is 3.20. The van der Waals surface area contributed by atoms with E-state index in [2.05, 4.69) is 15.3 Å². The summed E-state index contributed by atoms with van der Waals surface area (Å²) in [5, 5.41) is 3.75. The molecule has 3 aromatic rings. The molecular weight excluding hydrogens is 294 g/mol. The first-order valence-corrected chi connectivity index (χ1v) is 7.75. The summed E-state index contributed by atoms with van der Waals surface area (Å²) in [6, 6.07) is 13.7. The Morgan fingerprint density at radius 3 is 2.73 bits per heavy atom. The summed E-state index contributed by atoms with van der Waals surface area (Å²) in [5.74, 6) is -0.153. The second-order valence-electron chi connectivity index (χ2n) is 4.83. The predicted octanol–water partition coefficient (Wildman–Crippen LogP) is 3.44. The zero-order chi connectivity index (χ0) is 15.4. The van der Waals surface area contributed by atoms with Gasteiger partial charge in [-0.2, -0.15) is 0 Å². The highest BCUT2D eigenvalue weighted by Gasteiger charge is 2.15. The SMILES string of the molecule is Cc1sc(-c2ccccc2)nc1C(=O)NCc1cccnc1. The fourth-order valence-corrected chi connectivity index (χ4v) is 3.00. The van der Waals surface area contributed by atoms with E-state index in [0.29, 0.717) is 12.2 Å². The Balaban J connectivity index is 1.74. The largest absolute Gasteiger partial charge is 0.347 e. The van der Waals surface area contributed by atoms with Gasteiger partial charge in [0.25, 0.3) is 5.91 Å². The monoisotopic (exact) mass is 309 g/mol. The fourth-order valence-electron chi connectivity index (χ4n) is 2.08. The van der Waals surface area contributed by atoms with Crippen molar-refractivity contribution in [3.8, 4) is 10.6 Å². The number of aryl methyl sites for hydroxylation is 1. The van der Waals surface area contributed by atoms with Crippen molar-refractivity contribution in [3.63, 3.8) is 0 Å². The molecule has 0 spiro atoms. The standard InChI is InChI=1S/C17H15N3OS/c1-12-15(16(21)19-11-13-6-5-9-18-10-13)20-17(22-12)14-7-3-2-4-8-14/h2-10H,11H2,1H3,(H,19,21). The van der Waals surface area contributed by atoms with Crippen LogP contribution in [-0.2, 0) is 6.54 Å². The lowest BCUT2D eigenvalue weighted by atomic mass is 10.2. The zero-order valence-electron chi connectivity index (χ0n) is 12.1. The Hall–Kier alpha value is -2.53. The van der Waals surface area contributed by atoms with Crippen molar-refractivity contribution in [2.75, 3.05) is 0 Å². The van der Waals surface area contributed by atoms with Crippen molar-refractivity contribution in [3.05, 3.63) is 71.0 Å². The topological polar surface area (TPSA) is 54.9 Å². The van der Waals surface area contributed by atoms with Crippen LogP contribution in [0.4, 0.5) is 0 Å². The predicted molar refractivity (Wildman–Crippen MR) is 87.7 cm³/mol. The van der Waals surface area contributed by atoms with Gasteiger partial charge in [0.1, 0.15) is 10.7 Å². The summed E-state index contributed by atoms with van der Waals surface area (Å²) in [7, 11) is 0. The number of carbonyl (C=O) groups excluding carboxylic acids is 1. The first-order valence-electron chi connectivity index (χ1n) is 6.94. The molecule has 0 bridgehead atoms. The second kappa shape index (κ2) is 6.49. The van der Waals surface area contributed by atoms with Crippen LogP contribution in [0.2, 0.25) is 0 Å². The summed E-state index contributed by atoms with van der Waals surface area (Å²) in [4.78, 5) is 21.7. The van der Waals surface area contributed by atoms with Crippen LogP contribution in [0.15, 0.2) is 54.9 Å². The van der Waals surface area contributed by atoms with Gasteiger partial charge >= 0.3 is 0 Å². The van der Waals surface area contributed by atoms with Gasteiger partial charge in [-0.3, -0.25) is 9.78 Å². The molecule has 5 heteroatoms. The van der Waals surface area contributed by atoms with E-state index in [9.17, 15) is 4.79 Å². The van der Waals surface area contributed by atoms with Gasteiger partial charge in [0, 0.05) is 29.4 Å². The second-order valence-corrected chi connectivity index (χ2v) is 6.04. The van der Waals surface area contributed by atoms with E-state index >= 15 is 0 Å². The molecule has 4 nitrogen and oxygen atoms in total. The quantitative estimate of drug-likeness (QED) is 0.803. The minimum atomic E-state index is -0.153. The number of hydrogen-bond acceptors (Lipinski definition) is 4. The number of thiazole rings is 1. The Morgan fingerprint density at radius 2 is 2.00 bits per heavy atom. The van der Waals surface area contributed by atoms with E-state index in [-0.39, 0.29) is 5.91 Å². The van der Waals surface area contributed by atoms with Crippen LogP contribution in [0.5, 0.6) is 0 Å². The molecule has 1 aromatic carbocycles. The highest BCUT2D eigenvalue weighted by molar-refractivity contribution is 7.15. The molecule has 0 atom stereocenters. The molecule has 0 aliphatic carbocycles. The number of hydrogen-bond donors (Lipinski definition) is 1. The smallest absolute Gasteiger partial charge is 0.271 e. The van der Waals surface area contributed by atoms with E-state index in [1.54, 1.807) is 12.4 Å². The van der Waals surface area contributed by atoms with Crippen LogP contribution < -0.4 is 5.32 Å². The minimum Gasteiger partial charge on any atom is -0.347 e. The van der Waals surface area contributed by atoms with Crippen molar-refractivity contribution < 1.29 is 4.79 Å². The lowest BCUT2D eigenvalue weighted by Crippen LogP contribution is -2.23. The molecule has 2 aromatic heterocycles. The average Bonchev–Trinajstić information content (AvgIpc) is 2.96. The molecule has 2 heterocycles. The van der Waals surface area contributed by atoms with Crippen molar-refractivity contribution in [1.29, 1.82) is 0 Å². The molecule has 22 heavy (non-hydrogen) atoms. The van der Waals surface area contributed by atoms with E-state index < -0.39 is 0 Å². The Kier molecular flexibility index (Phi) is 4.25. The summed E-state index contributed by atoms with van der Waals surface area (Å²) in [6.45, 7) is 2.37. The molecule has 0 aliphatic heterocycles. The van der Waals surface area contributed by atoms with Gasteiger partial charge in [0.15, 0.2) is 0 Å². The molecule has 0 fully saturated rings. The molecule has 1 amide bonds. The zero-order valence-corrected chi connectivity index (χ0v) is 12.9. The lowest BCUT2D eigenvalue weighted by molar-refractivity contribution is 0.0946. The number of nitrogens with zero attached hydrogens (tertiary/aromatic N) is 2. The number of carbonyl (C=O) groups is 1. The van der Waals surface area contributed by atoms with Crippen LogP contribution in [0, 0.1) is 6.92 Å². The number of amides is 1. The number of aromatic nitrogens is 2. The average molecular weight is 309 g/mol. The normalized spacial score (nSPS) is 10.4. The Labute approximate surface area is 132 Å². The van der Waals surface area contributed by atoms with Gasteiger partial charge in [-0.25, -0.2) is 4.98 Å². The van der Waals surface area contributed by atoms with Crippen LogP contribution in [-0.4, -0.2) is 15.9 Å². The van der Waals surface area contributed by atoms with E-state index in [4.69, 9.17) is 0 Å². The molecule has 0 radical (unpaired) electrons. The minimum absolute atomic E-state index is 0.153. The number of rotatable bonds is 4. The molecule has 110 valence electrons. The highest BCUT2D eigenvalue weighted by Crippen LogP contribution is 2.27. The van der Waals surface area contributed by atoms with Crippen LogP contribution in [0.1, 0.15) is 20.9 Å². The fraction of sp³-hybridized carbons (Fsp3) is 0.118. The van der Waals surface area contributed by atoms with Gasteiger partial charge in [-0.15, -0.1) is 11.3 Å². The van der Waals surface area contributed by atoms with Gasteiger partial charge in [-0.1, -0.05) is 36.4 Å². The van der Waals surface area contributed by atoms with E-state index in [1.165, 1.54) is 11.3 Å². The first kappa shape index (κ1) is 14.4. The van der Waals surface area contributed by atoms with Gasteiger partial charge in [0.2, 0.25) is 0 Å². The van der Waals surface area contributed by atoms with Crippen LogP contribution in [0.3, 0.4) is 0 Å².